The lowest BCUT2D eigenvalue weighted by molar-refractivity contribution is -0.129. The Hall–Kier alpha value is -2.24. The van der Waals surface area contributed by atoms with Gasteiger partial charge < -0.3 is 5.32 Å². The van der Waals surface area contributed by atoms with Crippen LogP contribution in [0.4, 0.5) is 4.39 Å². The number of hydrogen-bond donors (Lipinski definition) is 2. The van der Waals surface area contributed by atoms with E-state index in [1.54, 1.807) is 12.1 Å². The summed E-state index contributed by atoms with van der Waals surface area (Å²) in [5.74, 6) is -1.02. The number of amides is 2. The van der Waals surface area contributed by atoms with Crippen LogP contribution in [0.2, 0.25) is 0 Å². The lowest BCUT2D eigenvalue weighted by Crippen LogP contribution is -2.32. The van der Waals surface area contributed by atoms with Gasteiger partial charge in [0.15, 0.2) is 0 Å². The monoisotopic (exact) mass is 279 g/mol. The van der Waals surface area contributed by atoms with E-state index in [0.29, 0.717) is 12.5 Å². The number of benzene rings is 1. The van der Waals surface area contributed by atoms with Gasteiger partial charge in [0.25, 0.3) is 0 Å². The molecule has 0 bridgehead atoms. The normalized spacial score (nSPS) is 10.8. The Kier molecular flexibility index (Phi) is 6.36. The molecule has 0 aliphatic rings. The van der Waals surface area contributed by atoms with Crippen molar-refractivity contribution in [3.05, 3.63) is 35.6 Å². The predicted molar refractivity (Wildman–Crippen MR) is 74.6 cm³/mol. The molecule has 108 valence electrons. The average Bonchev–Trinajstić information content (AvgIpc) is 2.38. The molecular weight excluding hydrogens is 261 g/mol. The van der Waals surface area contributed by atoms with Crippen molar-refractivity contribution in [2.75, 3.05) is 6.54 Å². The van der Waals surface area contributed by atoms with Crippen LogP contribution in [-0.2, 0) is 9.59 Å². The van der Waals surface area contributed by atoms with Crippen molar-refractivity contribution >= 4 is 18.0 Å². The zero-order valence-electron chi connectivity index (χ0n) is 11.5. The highest BCUT2D eigenvalue weighted by molar-refractivity contribution is 5.97. The molecule has 6 heteroatoms. The summed E-state index contributed by atoms with van der Waals surface area (Å²) in [5, 5.41) is 6.22. The van der Waals surface area contributed by atoms with Gasteiger partial charge in [0.2, 0.25) is 11.8 Å². The van der Waals surface area contributed by atoms with E-state index >= 15 is 0 Å². The van der Waals surface area contributed by atoms with Crippen LogP contribution in [0.3, 0.4) is 0 Å². The molecule has 0 saturated heterocycles. The highest BCUT2D eigenvalue weighted by Gasteiger charge is 2.08. The summed E-state index contributed by atoms with van der Waals surface area (Å²) in [4.78, 5) is 22.8. The molecule has 0 aromatic heterocycles. The maximum Gasteiger partial charge on any atom is 0.249 e. The fourth-order valence-corrected chi connectivity index (χ4v) is 1.32. The third-order valence-corrected chi connectivity index (χ3v) is 2.33. The Morgan fingerprint density at radius 2 is 2.00 bits per heavy atom. The SMILES string of the molecule is CC(C)CNC(=O)CC(=O)N/N=C\c1ccccc1F. The van der Waals surface area contributed by atoms with E-state index in [4.69, 9.17) is 0 Å². The molecule has 2 N–H and O–H groups in total. The molecule has 5 nitrogen and oxygen atoms in total. The van der Waals surface area contributed by atoms with Gasteiger partial charge in [-0.2, -0.15) is 5.10 Å². The average molecular weight is 279 g/mol. The molecule has 0 fully saturated rings. The van der Waals surface area contributed by atoms with E-state index in [9.17, 15) is 14.0 Å². The number of carbonyl (C=O) groups is 2. The zero-order chi connectivity index (χ0) is 15.0. The maximum atomic E-state index is 13.2. The van der Waals surface area contributed by atoms with Gasteiger partial charge in [0.05, 0.1) is 6.21 Å². The summed E-state index contributed by atoms with van der Waals surface area (Å²) in [6.07, 6.45) is 0.889. The topological polar surface area (TPSA) is 70.6 Å². The minimum atomic E-state index is -0.543. The highest BCUT2D eigenvalue weighted by Crippen LogP contribution is 2.02. The molecule has 0 aliphatic heterocycles. The second kappa shape index (κ2) is 8.04. The van der Waals surface area contributed by atoms with Crippen LogP contribution in [0.1, 0.15) is 25.8 Å². The minimum absolute atomic E-state index is 0.261. The smallest absolute Gasteiger partial charge is 0.249 e. The van der Waals surface area contributed by atoms with E-state index in [-0.39, 0.29) is 17.9 Å². The number of hydrogen-bond acceptors (Lipinski definition) is 3. The Morgan fingerprint density at radius 3 is 2.65 bits per heavy atom. The molecular formula is C14H18FN3O2. The predicted octanol–water partition coefficient (Wildman–Crippen LogP) is 1.44. The van der Waals surface area contributed by atoms with Gasteiger partial charge in [-0.3, -0.25) is 9.59 Å². The van der Waals surface area contributed by atoms with Crippen LogP contribution >= 0.6 is 0 Å². The first-order valence-electron chi connectivity index (χ1n) is 6.32. The molecule has 2 amide bonds. The standard InChI is InChI=1S/C14H18FN3O2/c1-10(2)8-16-13(19)7-14(20)18-17-9-11-5-3-4-6-12(11)15/h3-6,9-10H,7-8H2,1-2H3,(H,16,19)(H,18,20)/b17-9-. The van der Waals surface area contributed by atoms with Gasteiger partial charge in [-0.15, -0.1) is 0 Å². The molecule has 1 rings (SSSR count). The largest absolute Gasteiger partial charge is 0.355 e. The molecule has 0 aliphatic carbocycles. The lowest BCUT2D eigenvalue weighted by atomic mass is 10.2. The molecule has 0 radical (unpaired) electrons. The first-order valence-corrected chi connectivity index (χ1v) is 6.32. The molecule has 20 heavy (non-hydrogen) atoms. The van der Waals surface area contributed by atoms with Crippen LogP contribution in [0.25, 0.3) is 0 Å². The van der Waals surface area contributed by atoms with Crippen molar-refractivity contribution in [1.82, 2.24) is 10.7 Å². The summed E-state index contributed by atoms with van der Waals surface area (Å²) < 4.78 is 13.2. The summed E-state index contributed by atoms with van der Waals surface area (Å²) >= 11 is 0. The van der Waals surface area contributed by atoms with Crippen LogP contribution in [-0.4, -0.2) is 24.6 Å². The van der Waals surface area contributed by atoms with Crippen LogP contribution in [0, 0.1) is 11.7 Å². The molecule has 0 saturated carbocycles. The third kappa shape index (κ3) is 6.08. The molecule has 0 heterocycles. The van der Waals surface area contributed by atoms with Gasteiger partial charge in [-0.25, -0.2) is 9.82 Å². The van der Waals surface area contributed by atoms with E-state index in [1.807, 2.05) is 13.8 Å². The number of nitrogens with one attached hydrogen (secondary N) is 2. The van der Waals surface area contributed by atoms with Gasteiger partial charge in [0, 0.05) is 12.1 Å². The quantitative estimate of drug-likeness (QED) is 0.470. The van der Waals surface area contributed by atoms with Crippen LogP contribution in [0.5, 0.6) is 0 Å². The Labute approximate surface area is 117 Å². The first kappa shape index (κ1) is 15.8. The number of carbonyl (C=O) groups excluding carboxylic acids is 2. The lowest BCUT2D eigenvalue weighted by Gasteiger charge is -2.06. The van der Waals surface area contributed by atoms with E-state index < -0.39 is 11.7 Å². The fourth-order valence-electron chi connectivity index (χ4n) is 1.32. The van der Waals surface area contributed by atoms with E-state index in [2.05, 4.69) is 15.8 Å². The van der Waals surface area contributed by atoms with Crippen molar-refractivity contribution in [1.29, 1.82) is 0 Å². The van der Waals surface area contributed by atoms with E-state index in [0.717, 1.165) is 0 Å². The Balaban J connectivity index is 2.36. The molecule has 1 aromatic rings. The third-order valence-electron chi connectivity index (χ3n) is 2.33. The molecule has 0 unspecified atom stereocenters. The zero-order valence-corrected chi connectivity index (χ0v) is 11.5. The highest BCUT2D eigenvalue weighted by atomic mass is 19.1. The maximum absolute atomic E-state index is 13.2. The summed E-state index contributed by atoms with van der Waals surface area (Å²) in [6, 6.07) is 6.04. The second-order valence-electron chi connectivity index (χ2n) is 4.69. The van der Waals surface area contributed by atoms with Crippen molar-refractivity contribution in [3.8, 4) is 0 Å². The number of nitrogens with zero attached hydrogens (tertiary/aromatic N) is 1. The Bertz CT molecular complexity index is 501. The van der Waals surface area contributed by atoms with E-state index in [1.165, 1.54) is 18.3 Å². The van der Waals surface area contributed by atoms with Crippen LogP contribution in [0.15, 0.2) is 29.4 Å². The second-order valence-corrected chi connectivity index (χ2v) is 4.69. The van der Waals surface area contributed by atoms with Crippen LogP contribution < -0.4 is 10.7 Å². The summed E-state index contributed by atoms with van der Waals surface area (Å²) in [6.45, 7) is 4.43. The number of hydrazone groups is 1. The van der Waals surface area contributed by atoms with Crippen molar-refractivity contribution < 1.29 is 14.0 Å². The van der Waals surface area contributed by atoms with Crippen molar-refractivity contribution in [2.45, 2.75) is 20.3 Å². The minimum Gasteiger partial charge on any atom is -0.355 e. The van der Waals surface area contributed by atoms with Gasteiger partial charge in [-0.1, -0.05) is 32.0 Å². The molecule has 0 atom stereocenters. The summed E-state index contributed by atoms with van der Waals surface area (Å²) in [7, 11) is 0. The summed E-state index contributed by atoms with van der Waals surface area (Å²) in [5.41, 5.74) is 2.44. The van der Waals surface area contributed by atoms with Crippen molar-refractivity contribution in [3.63, 3.8) is 0 Å². The van der Waals surface area contributed by atoms with Crippen molar-refractivity contribution in [2.24, 2.45) is 11.0 Å². The molecule has 0 spiro atoms. The number of halogens is 1. The van der Waals surface area contributed by atoms with Gasteiger partial charge >= 0.3 is 0 Å². The fraction of sp³-hybridized carbons (Fsp3) is 0.357. The number of rotatable bonds is 6. The van der Waals surface area contributed by atoms with Gasteiger partial charge in [-0.05, 0) is 12.0 Å². The molecule has 1 aromatic carbocycles. The first-order chi connectivity index (χ1) is 9.49. The van der Waals surface area contributed by atoms with Gasteiger partial charge in [0.1, 0.15) is 12.2 Å². The Morgan fingerprint density at radius 1 is 1.30 bits per heavy atom.